The number of aryl methyl sites for hydroxylation is 3. The van der Waals surface area contributed by atoms with E-state index in [0.29, 0.717) is 17.8 Å². The highest BCUT2D eigenvalue weighted by Crippen LogP contribution is 2.22. The Morgan fingerprint density at radius 3 is 2.33 bits per heavy atom. The van der Waals surface area contributed by atoms with Crippen LogP contribution in [0.1, 0.15) is 39.0 Å². The number of anilines is 2. The summed E-state index contributed by atoms with van der Waals surface area (Å²) in [5.41, 5.74) is 2.27. The number of hydrogen-bond acceptors (Lipinski definition) is 6. The van der Waals surface area contributed by atoms with Gasteiger partial charge in [0, 0.05) is 30.8 Å². The number of carbonyl (C=O) groups excluding carboxylic acids is 2. The lowest BCUT2D eigenvalue weighted by Gasteiger charge is -2.10. The second-order valence-corrected chi connectivity index (χ2v) is 6.66. The number of nitrogens with one attached hydrogen (secondary N) is 2. The Kier molecular flexibility index (Phi) is 5.63. The molecule has 0 saturated carbocycles. The summed E-state index contributed by atoms with van der Waals surface area (Å²) < 4.78 is 3.10. The SMILES string of the molecule is CCn1ncc(NC(=O)c2ccc([N+](=O)[O-])c(C)c2)c1C(=O)Nc1cnn(C)c1C. The normalized spacial score (nSPS) is 10.7. The van der Waals surface area contributed by atoms with Gasteiger partial charge in [-0.1, -0.05) is 0 Å². The van der Waals surface area contributed by atoms with E-state index in [0.717, 1.165) is 5.69 Å². The number of amides is 2. The molecule has 3 aromatic rings. The second kappa shape index (κ2) is 8.15. The maximum absolute atomic E-state index is 12.9. The van der Waals surface area contributed by atoms with E-state index in [2.05, 4.69) is 20.8 Å². The first-order valence-electron chi connectivity index (χ1n) is 9.15. The van der Waals surface area contributed by atoms with Gasteiger partial charge in [0.25, 0.3) is 17.5 Å². The van der Waals surface area contributed by atoms with Crippen molar-refractivity contribution in [3.05, 3.63) is 63.2 Å². The van der Waals surface area contributed by atoms with Crippen LogP contribution in [0.2, 0.25) is 0 Å². The molecule has 0 atom stereocenters. The van der Waals surface area contributed by atoms with Crippen LogP contribution in [0.5, 0.6) is 0 Å². The monoisotopic (exact) mass is 411 g/mol. The number of carbonyl (C=O) groups is 2. The van der Waals surface area contributed by atoms with Gasteiger partial charge in [0.15, 0.2) is 0 Å². The van der Waals surface area contributed by atoms with Crippen LogP contribution >= 0.6 is 0 Å². The molecule has 0 saturated heterocycles. The predicted molar refractivity (Wildman–Crippen MR) is 110 cm³/mol. The summed E-state index contributed by atoms with van der Waals surface area (Å²) in [7, 11) is 1.76. The van der Waals surface area contributed by atoms with Crippen molar-refractivity contribution in [1.82, 2.24) is 19.6 Å². The summed E-state index contributed by atoms with van der Waals surface area (Å²) in [6, 6.07) is 4.07. The van der Waals surface area contributed by atoms with E-state index in [-0.39, 0.29) is 22.6 Å². The van der Waals surface area contributed by atoms with Crippen molar-refractivity contribution in [3.8, 4) is 0 Å². The Morgan fingerprint density at radius 2 is 1.77 bits per heavy atom. The number of rotatable bonds is 6. The predicted octanol–water partition coefficient (Wildman–Crippen LogP) is 2.67. The highest BCUT2D eigenvalue weighted by atomic mass is 16.6. The van der Waals surface area contributed by atoms with Gasteiger partial charge in [0.05, 0.1) is 34.4 Å². The van der Waals surface area contributed by atoms with Crippen molar-refractivity contribution in [2.45, 2.75) is 27.3 Å². The van der Waals surface area contributed by atoms with Crippen LogP contribution in [-0.4, -0.2) is 36.3 Å². The Hall–Kier alpha value is -4.02. The Balaban J connectivity index is 1.86. The third-order valence-corrected chi connectivity index (χ3v) is 4.74. The third kappa shape index (κ3) is 3.90. The van der Waals surface area contributed by atoms with Gasteiger partial charge in [-0.2, -0.15) is 10.2 Å². The molecule has 11 heteroatoms. The molecular formula is C19H21N7O4. The molecule has 156 valence electrons. The lowest BCUT2D eigenvalue weighted by Crippen LogP contribution is -2.21. The zero-order valence-corrected chi connectivity index (χ0v) is 17.0. The van der Waals surface area contributed by atoms with Crippen LogP contribution in [0.4, 0.5) is 17.1 Å². The number of benzene rings is 1. The van der Waals surface area contributed by atoms with Crippen molar-refractivity contribution in [3.63, 3.8) is 0 Å². The first-order valence-corrected chi connectivity index (χ1v) is 9.15. The fourth-order valence-electron chi connectivity index (χ4n) is 2.96. The quantitative estimate of drug-likeness (QED) is 0.472. The van der Waals surface area contributed by atoms with Crippen LogP contribution < -0.4 is 10.6 Å². The summed E-state index contributed by atoms with van der Waals surface area (Å²) in [5, 5.41) is 24.7. The minimum atomic E-state index is -0.509. The van der Waals surface area contributed by atoms with Crippen LogP contribution in [-0.2, 0) is 13.6 Å². The van der Waals surface area contributed by atoms with Crippen molar-refractivity contribution >= 4 is 28.9 Å². The molecule has 0 aliphatic carbocycles. The molecule has 2 heterocycles. The molecule has 0 spiro atoms. The van der Waals surface area contributed by atoms with Gasteiger partial charge in [0.2, 0.25) is 0 Å². The minimum absolute atomic E-state index is 0.0720. The second-order valence-electron chi connectivity index (χ2n) is 6.66. The highest BCUT2D eigenvalue weighted by molar-refractivity contribution is 6.11. The van der Waals surface area contributed by atoms with Gasteiger partial charge < -0.3 is 10.6 Å². The summed E-state index contributed by atoms with van der Waals surface area (Å²) in [6.45, 7) is 5.62. The number of hydrogen-bond donors (Lipinski definition) is 2. The maximum atomic E-state index is 12.9. The van der Waals surface area contributed by atoms with Crippen molar-refractivity contribution in [2.75, 3.05) is 10.6 Å². The summed E-state index contributed by atoms with van der Waals surface area (Å²) in [6.07, 6.45) is 2.93. The smallest absolute Gasteiger partial charge is 0.276 e. The van der Waals surface area contributed by atoms with E-state index in [1.807, 2.05) is 13.8 Å². The molecule has 0 bridgehead atoms. The zero-order chi connectivity index (χ0) is 22.0. The molecule has 30 heavy (non-hydrogen) atoms. The van der Waals surface area contributed by atoms with Crippen LogP contribution in [0.15, 0.2) is 30.6 Å². The van der Waals surface area contributed by atoms with Crippen LogP contribution in [0.25, 0.3) is 0 Å². The average molecular weight is 411 g/mol. The molecule has 0 aliphatic rings. The van der Waals surface area contributed by atoms with Gasteiger partial charge >= 0.3 is 0 Å². The molecular weight excluding hydrogens is 390 g/mol. The standard InChI is InChI=1S/C19H21N7O4/c1-5-25-17(19(28)22-14-9-20-24(4)12(14)3)15(10-21-25)23-18(27)13-6-7-16(26(29)30)11(2)8-13/h6-10H,5H2,1-4H3,(H,22,28)(H,23,27). The number of aromatic nitrogens is 4. The molecule has 0 radical (unpaired) electrons. The van der Waals surface area contributed by atoms with E-state index in [4.69, 9.17) is 0 Å². The summed E-state index contributed by atoms with van der Waals surface area (Å²) in [5.74, 6) is -0.948. The lowest BCUT2D eigenvalue weighted by molar-refractivity contribution is -0.385. The molecule has 11 nitrogen and oxygen atoms in total. The maximum Gasteiger partial charge on any atom is 0.276 e. The highest BCUT2D eigenvalue weighted by Gasteiger charge is 2.22. The number of nitrogens with zero attached hydrogens (tertiary/aromatic N) is 5. The van der Waals surface area contributed by atoms with E-state index >= 15 is 0 Å². The third-order valence-electron chi connectivity index (χ3n) is 4.74. The summed E-state index contributed by atoms with van der Waals surface area (Å²) in [4.78, 5) is 36.0. The Labute approximate surface area is 171 Å². The topological polar surface area (TPSA) is 137 Å². The number of nitro benzene ring substituents is 1. The van der Waals surface area contributed by atoms with E-state index < -0.39 is 16.7 Å². The van der Waals surface area contributed by atoms with Crippen molar-refractivity contribution < 1.29 is 14.5 Å². The molecule has 2 amide bonds. The van der Waals surface area contributed by atoms with Crippen LogP contribution in [0, 0.1) is 24.0 Å². The van der Waals surface area contributed by atoms with E-state index in [9.17, 15) is 19.7 Å². The lowest BCUT2D eigenvalue weighted by atomic mass is 10.1. The van der Waals surface area contributed by atoms with Crippen molar-refractivity contribution in [1.29, 1.82) is 0 Å². The fraction of sp³-hybridized carbons (Fsp3) is 0.263. The Bertz CT molecular complexity index is 1150. The van der Waals surface area contributed by atoms with Gasteiger partial charge in [-0.3, -0.25) is 29.1 Å². The number of nitro groups is 1. The van der Waals surface area contributed by atoms with Gasteiger partial charge in [-0.15, -0.1) is 0 Å². The molecule has 2 aromatic heterocycles. The first-order chi connectivity index (χ1) is 14.2. The van der Waals surface area contributed by atoms with E-state index in [1.54, 1.807) is 18.7 Å². The minimum Gasteiger partial charge on any atom is -0.319 e. The van der Waals surface area contributed by atoms with Gasteiger partial charge in [-0.05, 0) is 32.9 Å². The largest absolute Gasteiger partial charge is 0.319 e. The van der Waals surface area contributed by atoms with Crippen LogP contribution in [0.3, 0.4) is 0 Å². The molecule has 0 aliphatic heterocycles. The Morgan fingerprint density at radius 1 is 1.10 bits per heavy atom. The molecule has 0 unspecified atom stereocenters. The fourth-order valence-corrected chi connectivity index (χ4v) is 2.96. The summed E-state index contributed by atoms with van der Waals surface area (Å²) >= 11 is 0. The van der Waals surface area contributed by atoms with Gasteiger partial charge in [-0.25, -0.2) is 0 Å². The van der Waals surface area contributed by atoms with E-state index in [1.165, 1.54) is 35.3 Å². The zero-order valence-electron chi connectivity index (χ0n) is 17.0. The van der Waals surface area contributed by atoms with Gasteiger partial charge in [0.1, 0.15) is 5.69 Å². The first kappa shape index (κ1) is 20.7. The molecule has 3 rings (SSSR count). The average Bonchev–Trinajstić information content (AvgIpc) is 3.25. The molecule has 1 aromatic carbocycles. The molecule has 0 fully saturated rings. The van der Waals surface area contributed by atoms with Crippen molar-refractivity contribution in [2.24, 2.45) is 7.05 Å². The molecule has 2 N–H and O–H groups in total.